The van der Waals surface area contributed by atoms with E-state index in [1.165, 1.54) is 6.20 Å². The third-order valence-corrected chi connectivity index (χ3v) is 5.56. The van der Waals surface area contributed by atoms with Crippen molar-refractivity contribution < 1.29 is 23.7 Å². The summed E-state index contributed by atoms with van der Waals surface area (Å²) in [6.45, 7) is -0.938. The molecule has 33 heavy (non-hydrogen) atoms. The van der Waals surface area contributed by atoms with Crippen molar-refractivity contribution in [3.63, 3.8) is 0 Å². The van der Waals surface area contributed by atoms with E-state index in [1.54, 1.807) is 0 Å². The van der Waals surface area contributed by atoms with Crippen molar-refractivity contribution in [2.75, 3.05) is 13.3 Å². The molecule has 0 amide bonds. The second kappa shape index (κ2) is 10.2. The minimum absolute atomic E-state index is 0.0968. The molecule has 0 unspecified atom stereocenters. The topological polar surface area (TPSA) is 103 Å². The number of nitrogens with zero attached hydrogens (tertiary/aromatic N) is 1. The maximum Gasteiger partial charge on any atom is 0.330 e. The molecular weight excluding hydrogens is 431 g/mol. The van der Waals surface area contributed by atoms with Gasteiger partial charge in [0.1, 0.15) is 18.9 Å². The molecule has 0 aliphatic carbocycles. The molecule has 2 aromatic carbocycles. The first-order chi connectivity index (χ1) is 16.0. The van der Waals surface area contributed by atoms with Crippen molar-refractivity contribution in [3.8, 4) is 0 Å². The van der Waals surface area contributed by atoms with Gasteiger partial charge in [-0.05, 0) is 11.1 Å². The summed E-state index contributed by atoms with van der Waals surface area (Å²) in [5, 5.41) is 11.0. The molecule has 3 aromatic rings. The minimum atomic E-state index is -1.66. The van der Waals surface area contributed by atoms with E-state index in [-0.39, 0.29) is 19.8 Å². The van der Waals surface area contributed by atoms with Crippen molar-refractivity contribution in [1.29, 1.82) is 0 Å². The summed E-state index contributed by atoms with van der Waals surface area (Å²) >= 11 is 0. The van der Waals surface area contributed by atoms with Gasteiger partial charge in [0.25, 0.3) is 5.56 Å². The monoisotopic (exact) mass is 456 g/mol. The van der Waals surface area contributed by atoms with Crippen LogP contribution in [0.2, 0.25) is 0 Å². The van der Waals surface area contributed by atoms with Crippen LogP contribution in [0.4, 0.5) is 4.39 Å². The number of aliphatic hydroxyl groups is 1. The molecule has 1 fully saturated rings. The fourth-order valence-electron chi connectivity index (χ4n) is 3.88. The summed E-state index contributed by atoms with van der Waals surface area (Å²) in [5.41, 5.74) is -1.33. The number of hydrogen-bond donors (Lipinski definition) is 2. The quantitative estimate of drug-likeness (QED) is 0.510. The Labute approximate surface area is 189 Å². The van der Waals surface area contributed by atoms with Crippen LogP contribution in [0.3, 0.4) is 0 Å². The normalized spacial score (nSPS) is 24.7. The highest BCUT2D eigenvalue weighted by Gasteiger charge is 2.57. The third-order valence-electron chi connectivity index (χ3n) is 5.56. The van der Waals surface area contributed by atoms with Crippen LogP contribution in [0.15, 0.2) is 82.5 Å². The van der Waals surface area contributed by atoms with Gasteiger partial charge in [0.2, 0.25) is 0 Å². The van der Waals surface area contributed by atoms with E-state index in [0.29, 0.717) is 0 Å². The Bertz CT molecular complexity index is 1150. The molecule has 4 rings (SSSR count). The lowest BCUT2D eigenvalue weighted by molar-refractivity contribution is -0.165. The molecule has 9 heteroatoms. The van der Waals surface area contributed by atoms with E-state index in [1.807, 2.05) is 60.7 Å². The third kappa shape index (κ3) is 5.12. The number of H-pyrrole nitrogens is 1. The van der Waals surface area contributed by atoms with Crippen LogP contribution in [0.1, 0.15) is 17.4 Å². The maximum atomic E-state index is 14.5. The number of ether oxygens (including phenoxy) is 3. The number of benzene rings is 2. The Kier molecular flexibility index (Phi) is 7.14. The highest BCUT2D eigenvalue weighted by molar-refractivity contribution is 5.15. The van der Waals surface area contributed by atoms with Gasteiger partial charge in [0.05, 0.1) is 19.8 Å². The number of aromatic amines is 1. The van der Waals surface area contributed by atoms with Gasteiger partial charge in [0.15, 0.2) is 11.8 Å². The summed E-state index contributed by atoms with van der Waals surface area (Å²) < 4.78 is 33.2. The number of rotatable bonds is 9. The lowest BCUT2D eigenvalue weighted by atomic mass is 9.97. The lowest BCUT2D eigenvalue weighted by Crippen LogP contribution is -2.50. The average molecular weight is 456 g/mol. The first-order valence-electron chi connectivity index (χ1n) is 10.5. The fraction of sp³-hybridized carbons (Fsp3) is 0.333. The minimum Gasteiger partial charge on any atom is -0.386 e. The number of hydrogen-bond acceptors (Lipinski definition) is 6. The molecule has 0 bridgehead atoms. The number of nitrogens with one attached hydrogen (secondary N) is 1. The van der Waals surface area contributed by atoms with E-state index in [0.717, 1.165) is 21.8 Å². The first-order valence-corrected chi connectivity index (χ1v) is 10.5. The zero-order chi connectivity index (χ0) is 23.3. The predicted octanol–water partition coefficient (Wildman–Crippen LogP) is 1.94. The number of halogens is 1. The zero-order valence-electron chi connectivity index (χ0n) is 17.8. The van der Waals surface area contributed by atoms with Crippen LogP contribution < -0.4 is 11.2 Å². The first kappa shape index (κ1) is 23.1. The molecule has 0 spiro atoms. The van der Waals surface area contributed by atoms with Gasteiger partial charge in [0, 0.05) is 12.3 Å². The summed E-state index contributed by atoms with van der Waals surface area (Å²) in [6.07, 6.45) is -2.61. The molecular formula is C24H25FN2O6. The van der Waals surface area contributed by atoms with E-state index in [9.17, 15) is 19.1 Å². The standard InChI is InChI=1S/C24H25FN2O6/c25-15-24(16-31-13-17-7-3-1-4-8-17)21(32-14-18-9-5-2-6-10-18)20(29)22(33-24)27-12-11-19(28)26-23(27)30/h1-12,20-22,29H,13-16H2,(H,26,28,30)/t20-,21-,22+,24+/m0/s1. The Morgan fingerprint density at radius 2 is 1.64 bits per heavy atom. The SMILES string of the molecule is O=c1ccn([C@@H]2O[C@](CF)(COCc3ccccc3)[C@@H](OCc3ccccc3)[C@@H]2O)c(=O)[nH]1. The molecule has 1 saturated heterocycles. The molecule has 4 atom stereocenters. The van der Waals surface area contributed by atoms with Crippen LogP contribution in [0.5, 0.6) is 0 Å². The molecule has 8 nitrogen and oxygen atoms in total. The number of alkyl halides is 1. The largest absolute Gasteiger partial charge is 0.386 e. The smallest absolute Gasteiger partial charge is 0.330 e. The second-order valence-electron chi connectivity index (χ2n) is 7.91. The summed E-state index contributed by atoms with van der Waals surface area (Å²) in [4.78, 5) is 25.9. The molecule has 0 saturated carbocycles. The Balaban J connectivity index is 1.59. The van der Waals surface area contributed by atoms with Crippen LogP contribution >= 0.6 is 0 Å². The van der Waals surface area contributed by atoms with E-state index < -0.39 is 42.0 Å². The van der Waals surface area contributed by atoms with Crippen molar-refractivity contribution in [1.82, 2.24) is 9.55 Å². The Morgan fingerprint density at radius 1 is 1.00 bits per heavy atom. The Hall–Kier alpha value is -3.11. The highest BCUT2D eigenvalue weighted by atomic mass is 19.1. The summed E-state index contributed by atoms with van der Waals surface area (Å²) in [5.74, 6) is 0. The molecule has 1 aliphatic rings. The molecule has 2 N–H and O–H groups in total. The Morgan fingerprint density at radius 3 is 2.24 bits per heavy atom. The molecule has 2 heterocycles. The average Bonchev–Trinajstić information content (AvgIpc) is 3.10. The predicted molar refractivity (Wildman–Crippen MR) is 117 cm³/mol. The van der Waals surface area contributed by atoms with Crippen LogP contribution in [0.25, 0.3) is 0 Å². The molecule has 174 valence electrons. The van der Waals surface area contributed by atoms with E-state index >= 15 is 0 Å². The van der Waals surface area contributed by atoms with Crippen molar-refractivity contribution in [2.24, 2.45) is 0 Å². The lowest BCUT2D eigenvalue weighted by Gasteiger charge is -2.31. The second-order valence-corrected chi connectivity index (χ2v) is 7.91. The van der Waals surface area contributed by atoms with E-state index in [2.05, 4.69) is 4.98 Å². The molecule has 1 aliphatic heterocycles. The van der Waals surface area contributed by atoms with Crippen molar-refractivity contribution >= 4 is 0 Å². The summed E-state index contributed by atoms with van der Waals surface area (Å²) in [6, 6.07) is 19.7. The van der Waals surface area contributed by atoms with Gasteiger partial charge in [-0.15, -0.1) is 0 Å². The van der Waals surface area contributed by atoms with Crippen molar-refractivity contribution in [3.05, 3.63) is 105 Å². The summed E-state index contributed by atoms with van der Waals surface area (Å²) in [7, 11) is 0. The number of aliphatic hydroxyl groups excluding tert-OH is 1. The highest BCUT2D eigenvalue weighted by Crippen LogP contribution is 2.40. The van der Waals surface area contributed by atoms with Gasteiger partial charge in [-0.1, -0.05) is 60.7 Å². The van der Waals surface area contributed by atoms with Crippen LogP contribution in [-0.2, 0) is 27.4 Å². The van der Waals surface area contributed by atoms with Gasteiger partial charge < -0.3 is 19.3 Å². The van der Waals surface area contributed by atoms with Gasteiger partial charge in [-0.25, -0.2) is 9.18 Å². The van der Waals surface area contributed by atoms with E-state index in [4.69, 9.17) is 14.2 Å². The maximum absolute atomic E-state index is 14.5. The van der Waals surface area contributed by atoms with Gasteiger partial charge >= 0.3 is 5.69 Å². The van der Waals surface area contributed by atoms with Crippen molar-refractivity contribution in [2.45, 2.75) is 37.3 Å². The molecule has 1 aromatic heterocycles. The van der Waals surface area contributed by atoms with Crippen LogP contribution in [0, 0.1) is 0 Å². The fourth-order valence-corrected chi connectivity index (χ4v) is 3.88. The van der Waals surface area contributed by atoms with Gasteiger partial charge in [-0.2, -0.15) is 0 Å². The van der Waals surface area contributed by atoms with Crippen LogP contribution in [-0.4, -0.2) is 45.7 Å². The molecule has 0 radical (unpaired) electrons. The van der Waals surface area contributed by atoms with Gasteiger partial charge in [-0.3, -0.25) is 14.3 Å². The zero-order valence-corrected chi connectivity index (χ0v) is 17.8. The number of aromatic nitrogens is 2.